The van der Waals surface area contributed by atoms with Crippen molar-refractivity contribution < 1.29 is 4.79 Å². The van der Waals surface area contributed by atoms with E-state index in [2.05, 4.69) is 52.8 Å². The van der Waals surface area contributed by atoms with Crippen molar-refractivity contribution in [1.82, 2.24) is 24.9 Å². The summed E-state index contributed by atoms with van der Waals surface area (Å²) in [6.45, 7) is 3.28. The maximum Gasteiger partial charge on any atom is 0.225 e. The molecule has 1 amide bonds. The van der Waals surface area contributed by atoms with Crippen molar-refractivity contribution in [1.29, 1.82) is 0 Å². The molecule has 146 valence electrons. The lowest BCUT2D eigenvalue weighted by Crippen LogP contribution is -2.33. The lowest BCUT2D eigenvalue weighted by atomic mass is 10.1. The number of hydrogen-bond donors (Lipinski definition) is 0. The standard InChI is InChI=1S/C23H23N5O/c1-16-6-5-9-19-14-20(22-24-25-26-28(22)21(16)19)15-27(23(29)18-10-11-18)13-12-17-7-3-2-4-8-17/h2-9,14,18H,10-13,15H2,1H3. The number of tetrazole rings is 1. The number of pyridine rings is 1. The summed E-state index contributed by atoms with van der Waals surface area (Å²) in [5, 5.41) is 13.5. The molecule has 6 nitrogen and oxygen atoms in total. The molecule has 0 N–H and O–H groups in total. The summed E-state index contributed by atoms with van der Waals surface area (Å²) in [6.07, 6.45) is 2.84. The highest BCUT2D eigenvalue weighted by molar-refractivity contribution is 5.86. The van der Waals surface area contributed by atoms with Gasteiger partial charge in [0.15, 0.2) is 5.65 Å². The Morgan fingerprint density at radius 2 is 1.97 bits per heavy atom. The minimum atomic E-state index is 0.181. The van der Waals surface area contributed by atoms with E-state index < -0.39 is 0 Å². The molecule has 1 aliphatic carbocycles. The van der Waals surface area contributed by atoms with Gasteiger partial charge < -0.3 is 4.90 Å². The number of aromatic nitrogens is 4. The summed E-state index contributed by atoms with van der Waals surface area (Å²) in [5.41, 5.74) is 5.08. The van der Waals surface area contributed by atoms with Crippen LogP contribution >= 0.6 is 0 Å². The molecule has 1 saturated carbocycles. The fourth-order valence-electron chi connectivity index (χ4n) is 3.96. The van der Waals surface area contributed by atoms with E-state index in [1.807, 2.05) is 29.2 Å². The van der Waals surface area contributed by atoms with Crippen LogP contribution in [0.25, 0.3) is 16.6 Å². The first-order valence-electron chi connectivity index (χ1n) is 10.1. The molecule has 0 radical (unpaired) electrons. The van der Waals surface area contributed by atoms with Gasteiger partial charge in [-0.15, -0.1) is 5.10 Å². The summed E-state index contributed by atoms with van der Waals surface area (Å²) >= 11 is 0. The molecule has 6 heteroatoms. The van der Waals surface area contributed by atoms with E-state index in [1.165, 1.54) is 5.56 Å². The summed E-state index contributed by atoms with van der Waals surface area (Å²) in [6, 6.07) is 18.6. The summed E-state index contributed by atoms with van der Waals surface area (Å²) in [5.74, 6) is 0.427. The molecule has 0 unspecified atom stereocenters. The number of fused-ring (bicyclic) bond motifs is 3. The Morgan fingerprint density at radius 3 is 2.76 bits per heavy atom. The Morgan fingerprint density at radius 1 is 1.14 bits per heavy atom. The van der Waals surface area contributed by atoms with Crippen molar-refractivity contribution in [3.8, 4) is 0 Å². The number of amides is 1. The van der Waals surface area contributed by atoms with Crippen molar-refractivity contribution >= 4 is 22.5 Å². The number of carbonyl (C=O) groups excluding carboxylic acids is 1. The van der Waals surface area contributed by atoms with Crippen LogP contribution in [0, 0.1) is 12.8 Å². The Kier molecular flexibility index (Phi) is 4.46. The summed E-state index contributed by atoms with van der Waals surface area (Å²) in [4.78, 5) is 15.0. The zero-order valence-corrected chi connectivity index (χ0v) is 16.5. The predicted octanol–water partition coefficient (Wildman–Crippen LogP) is 3.57. The number of nitrogens with zero attached hydrogens (tertiary/aromatic N) is 5. The lowest BCUT2D eigenvalue weighted by molar-refractivity contribution is -0.133. The van der Waals surface area contributed by atoms with E-state index in [0.29, 0.717) is 13.1 Å². The largest absolute Gasteiger partial charge is 0.338 e. The molecule has 0 saturated heterocycles. The zero-order valence-electron chi connectivity index (χ0n) is 16.5. The van der Waals surface area contributed by atoms with Crippen LogP contribution in [0.15, 0.2) is 54.6 Å². The molecule has 0 atom stereocenters. The Bertz CT molecular complexity index is 1180. The van der Waals surface area contributed by atoms with Crippen LogP contribution in [-0.2, 0) is 17.8 Å². The maximum atomic E-state index is 13.0. The van der Waals surface area contributed by atoms with Gasteiger partial charge in [0, 0.05) is 30.0 Å². The van der Waals surface area contributed by atoms with E-state index in [-0.39, 0.29) is 11.8 Å². The molecule has 0 aliphatic heterocycles. The quantitative estimate of drug-likeness (QED) is 0.509. The number of para-hydroxylation sites is 1. The molecule has 4 aromatic rings. The smallest absolute Gasteiger partial charge is 0.225 e. The molecule has 0 bridgehead atoms. The minimum Gasteiger partial charge on any atom is -0.338 e. The van der Waals surface area contributed by atoms with Gasteiger partial charge in [-0.25, -0.2) is 0 Å². The Hall–Kier alpha value is -3.28. The zero-order chi connectivity index (χ0) is 19.8. The Balaban J connectivity index is 1.49. The maximum absolute atomic E-state index is 13.0. The second-order valence-corrected chi connectivity index (χ2v) is 7.87. The fourth-order valence-corrected chi connectivity index (χ4v) is 3.96. The molecule has 2 heterocycles. The van der Waals surface area contributed by atoms with Crippen LogP contribution in [0.2, 0.25) is 0 Å². The average molecular weight is 385 g/mol. The van der Waals surface area contributed by atoms with E-state index in [9.17, 15) is 4.79 Å². The molecular weight excluding hydrogens is 362 g/mol. The number of carbonyl (C=O) groups is 1. The SMILES string of the molecule is Cc1cccc2cc(CN(CCc3ccccc3)C(=O)C3CC3)c3nnnn3c12. The third-order valence-electron chi connectivity index (χ3n) is 5.68. The van der Waals surface area contributed by atoms with Crippen molar-refractivity contribution in [3.05, 3.63) is 71.3 Å². The average Bonchev–Trinajstić information content (AvgIpc) is 3.47. The molecule has 29 heavy (non-hydrogen) atoms. The minimum absolute atomic E-state index is 0.181. The van der Waals surface area contributed by atoms with Gasteiger partial charge in [-0.2, -0.15) is 4.52 Å². The lowest BCUT2D eigenvalue weighted by Gasteiger charge is -2.23. The molecule has 2 aromatic heterocycles. The van der Waals surface area contributed by atoms with Gasteiger partial charge in [0.05, 0.1) is 5.52 Å². The summed E-state index contributed by atoms with van der Waals surface area (Å²) < 4.78 is 1.80. The highest BCUT2D eigenvalue weighted by Crippen LogP contribution is 2.32. The molecular formula is C23H23N5O. The number of rotatable bonds is 6. The highest BCUT2D eigenvalue weighted by atomic mass is 16.2. The number of hydrogen-bond acceptors (Lipinski definition) is 4. The third kappa shape index (κ3) is 3.46. The number of aryl methyl sites for hydroxylation is 1. The van der Waals surface area contributed by atoms with Crippen LogP contribution in [0.4, 0.5) is 0 Å². The van der Waals surface area contributed by atoms with Gasteiger partial charge in [-0.05, 0) is 53.8 Å². The van der Waals surface area contributed by atoms with Gasteiger partial charge in [-0.3, -0.25) is 4.79 Å². The van der Waals surface area contributed by atoms with Crippen molar-refractivity contribution in [2.45, 2.75) is 32.7 Å². The number of benzene rings is 2. The molecule has 0 spiro atoms. The van der Waals surface area contributed by atoms with Crippen LogP contribution in [-0.4, -0.2) is 37.4 Å². The highest BCUT2D eigenvalue weighted by Gasteiger charge is 2.33. The molecule has 1 aliphatic rings. The van der Waals surface area contributed by atoms with Crippen molar-refractivity contribution in [2.24, 2.45) is 5.92 Å². The van der Waals surface area contributed by atoms with Gasteiger partial charge in [-0.1, -0.05) is 48.5 Å². The summed E-state index contributed by atoms with van der Waals surface area (Å²) in [7, 11) is 0. The van der Waals surface area contributed by atoms with Gasteiger partial charge in [0.25, 0.3) is 0 Å². The third-order valence-corrected chi connectivity index (χ3v) is 5.68. The molecule has 2 aromatic carbocycles. The first kappa shape index (κ1) is 17.8. The second-order valence-electron chi connectivity index (χ2n) is 7.87. The van der Waals surface area contributed by atoms with E-state index in [1.54, 1.807) is 4.52 Å². The van der Waals surface area contributed by atoms with Crippen molar-refractivity contribution in [3.63, 3.8) is 0 Å². The van der Waals surface area contributed by atoms with Gasteiger partial charge in [0.1, 0.15) is 0 Å². The Labute approximate surface area is 169 Å². The van der Waals surface area contributed by atoms with Crippen molar-refractivity contribution in [2.75, 3.05) is 6.54 Å². The van der Waals surface area contributed by atoms with Crippen LogP contribution < -0.4 is 0 Å². The normalized spacial score (nSPS) is 13.8. The topological polar surface area (TPSA) is 63.4 Å². The van der Waals surface area contributed by atoms with Crippen LogP contribution in [0.3, 0.4) is 0 Å². The first-order chi connectivity index (χ1) is 14.2. The van der Waals surface area contributed by atoms with E-state index in [0.717, 1.165) is 46.9 Å². The van der Waals surface area contributed by atoms with Crippen LogP contribution in [0.5, 0.6) is 0 Å². The predicted molar refractivity (Wildman–Crippen MR) is 111 cm³/mol. The fraction of sp³-hybridized carbons (Fsp3) is 0.304. The van der Waals surface area contributed by atoms with Crippen LogP contribution in [0.1, 0.15) is 29.5 Å². The van der Waals surface area contributed by atoms with E-state index in [4.69, 9.17) is 0 Å². The van der Waals surface area contributed by atoms with E-state index >= 15 is 0 Å². The van der Waals surface area contributed by atoms with Gasteiger partial charge >= 0.3 is 0 Å². The first-order valence-corrected chi connectivity index (χ1v) is 10.1. The monoisotopic (exact) mass is 385 g/mol. The molecule has 1 fully saturated rings. The molecule has 5 rings (SSSR count). The second kappa shape index (κ2) is 7.28. The van der Waals surface area contributed by atoms with Gasteiger partial charge in [0.2, 0.25) is 5.91 Å².